The van der Waals surface area contributed by atoms with E-state index in [9.17, 15) is 0 Å². The Hall–Kier alpha value is -5.72. The second-order valence-corrected chi connectivity index (χ2v) is 11.3. The molecule has 0 heterocycles. The van der Waals surface area contributed by atoms with Crippen molar-refractivity contribution in [3.63, 3.8) is 0 Å². The van der Waals surface area contributed by atoms with Crippen LogP contribution >= 0.6 is 0 Å². The Balaban J connectivity index is 0.000000182. The molecule has 0 bridgehead atoms. The molecule has 0 amide bonds. The van der Waals surface area contributed by atoms with Crippen LogP contribution in [0.25, 0.3) is 48.6 Å². The molecule has 0 radical (unpaired) electrons. The van der Waals surface area contributed by atoms with E-state index < -0.39 is 0 Å². The smallest absolute Gasteiger partial charge is 0.0184 e. The third-order valence-corrected chi connectivity index (χ3v) is 7.53. The Morgan fingerprint density at radius 3 is 0.804 bits per heavy atom. The van der Waals surface area contributed by atoms with Gasteiger partial charge in [0.2, 0.25) is 0 Å². The highest BCUT2D eigenvalue weighted by Gasteiger charge is 1.95. The number of hydrogen-bond acceptors (Lipinski definition) is 0. The van der Waals surface area contributed by atoms with Gasteiger partial charge in [0.1, 0.15) is 0 Å². The van der Waals surface area contributed by atoms with E-state index in [1.54, 1.807) is 0 Å². The lowest BCUT2D eigenvalue weighted by atomic mass is 10.0. The molecular weight excluding hydrogens is 553 g/mol. The van der Waals surface area contributed by atoms with Crippen LogP contribution in [0.15, 0.2) is 158 Å². The summed E-state index contributed by atoms with van der Waals surface area (Å²) < 4.78 is 0. The van der Waals surface area contributed by atoms with Crippen molar-refractivity contribution in [3.05, 3.63) is 213 Å². The fraction of sp³-hybridized carbons (Fsp3) is 0.0435. The van der Waals surface area contributed by atoms with Crippen LogP contribution < -0.4 is 0 Å². The van der Waals surface area contributed by atoms with Crippen molar-refractivity contribution in [2.45, 2.75) is 13.8 Å². The summed E-state index contributed by atoms with van der Waals surface area (Å²) in [7, 11) is 0. The molecule has 6 rings (SSSR count). The van der Waals surface area contributed by atoms with Gasteiger partial charge in [-0.2, -0.15) is 0 Å². The zero-order valence-electron chi connectivity index (χ0n) is 26.6. The van der Waals surface area contributed by atoms with E-state index in [2.05, 4.69) is 208 Å². The van der Waals surface area contributed by atoms with Gasteiger partial charge in [-0.25, -0.2) is 0 Å². The van der Waals surface area contributed by atoms with Crippen molar-refractivity contribution >= 4 is 48.6 Å². The first-order valence-electron chi connectivity index (χ1n) is 15.8. The fourth-order valence-electron chi connectivity index (χ4n) is 4.77. The van der Waals surface area contributed by atoms with Gasteiger partial charge in [-0.15, -0.1) is 0 Å². The molecule has 0 atom stereocenters. The average molecular weight is 593 g/mol. The fourth-order valence-corrected chi connectivity index (χ4v) is 4.77. The molecule has 0 N–H and O–H groups in total. The maximum Gasteiger partial charge on any atom is -0.0184 e. The van der Waals surface area contributed by atoms with Crippen LogP contribution in [0.3, 0.4) is 0 Å². The lowest BCUT2D eigenvalue weighted by Gasteiger charge is -2.01. The summed E-state index contributed by atoms with van der Waals surface area (Å²) in [6.07, 6.45) is 17.2. The molecule has 0 spiro atoms. The maximum absolute atomic E-state index is 2.17. The molecule has 0 aliphatic heterocycles. The van der Waals surface area contributed by atoms with Gasteiger partial charge < -0.3 is 0 Å². The quantitative estimate of drug-likeness (QED) is 0.154. The molecule has 0 aliphatic carbocycles. The summed E-state index contributed by atoms with van der Waals surface area (Å²) in [6.45, 7) is 4.21. The van der Waals surface area contributed by atoms with E-state index in [1.165, 1.54) is 55.6 Å². The van der Waals surface area contributed by atoms with Crippen LogP contribution in [0, 0.1) is 13.8 Å². The summed E-state index contributed by atoms with van der Waals surface area (Å²) in [4.78, 5) is 0. The van der Waals surface area contributed by atoms with Gasteiger partial charge in [0.05, 0.1) is 0 Å². The third kappa shape index (κ3) is 10.5. The SMILES string of the molecule is C(=Cc1ccccc1C=Cc1ccccc1)c1ccccc1.Cc1ccc(C=Cc2ccc(C=Cc3ccc(C)cc3)cc2)cc1. The van der Waals surface area contributed by atoms with Crippen molar-refractivity contribution in [2.75, 3.05) is 0 Å². The van der Waals surface area contributed by atoms with Gasteiger partial charge in [0.25, 0.3) is 0 Å². The average Bonchev–Trinajstić information content (AvgIpc) is 3.11. The maximum atomic E-state index is 2.17. The van der Waals surface area contributed by atoms with E-state index >= 15 is 0 Å². The summed E-state index contributed by atoms with van der Waals surface area (Å²) in [5.74, 6) is 0. The number of rotatable bonds is 8. The summed E-state index contributed by atoms with van der Waals surface area (Å²) in [5.41, 5.74) is 12.3. The van der Waals surface area contributed by atoms with Crippen LogP contribution in [-0.2, 0) is 0 Å². The molecule has 0 nitrogen and oxygen atoms in total. The summed E-state index contributed by atoms with van der Waals surface area (Å²) in [5, 5.41) is 0. The number of hydrogen-bond donors (Lipinski definition) is 0. The first kappa shape index (κ1) is 31.7. The molecule has 0 unspecified atom stereocenters. The minimum atomic E-state index is 1.21. The normalized spacial score (nSPS) is 11.3. The van der Waals surface area contributed by atoms with Crippen molar-refractivity contribution in [1.82, 2.24) is 0 Å². The zero-order valence-corrected chi connectivity index (χ0v) is 26.6. The largest absolute Gasteiger partial charge is 0.0622 e. The Bertz CT molecular complexity index is 1740. The van der Waals surface area contributed by atoms with Crippen molar-refractivity contribution in [2.24, 2.45) is 0 Å². The van der Waals surface area contributed by atoms with E-state index in [0.717, 1.165) is 0 Å². The Morgan fingerprint density at radius 1 is 0.239 bits per heavy atom. The Kier molecular flexibility index (Phi) is 11.7. The minimum absolute atomic E-state index is 1.21. The molecule has 46 heavy (non-hydrogen) atoms. The first-order valence-corrected chi connectivity index (χ1v) is 15.8. The molecule has 0 fully saturated rings. The minimum Gasteiger partial charge on any atom is -0.0622 e. The lowest BCUT2D eigenvalue weighted by molar-refractivity contribution is 1.46. The molecule has 0 saturated carbocycles. The van der Waals surface area contributed by atoms with Crippen molar-refractivity contribution < 1.29 is 0 Å². The third-order valence-electron chi connectivity index (χ3n) is 7.53. The zero-order chi connectivity index (χ0) is 31.8. The number of benzene rings is 6. The summed E-state index contributed by atoms with van der Waals surface area (Å²) >= 11 is 0. The predicted octanol–water partition coefficient (Wildman–Crippen LogP) is 12.7. The predicted molar refractivity (Wildman–Crippen MR) is 204 cm³/mol. The molecule has 224 valence electrons. The summed E-state index contributed by atoms with van der Waals surface area (Å²) in [6, 6.07) is 54.9. The van der Waals surface area contributed by atoms with Gasteiger partial charge in [0, 0.05) is 0 Å². The monoisotopic (exact) mass is 592 g/mol. The molecule has 0 aromatic heterocycles. The second kappa shape index (κ2) is 16.9. The van der Waals surface area contributed by atoms with Crippen molar-refractivity contribution in [1.29, 1.82) is 0 Å². The van der Waals surface area contributed by atoms with Crippen LogP contribution in [0.2, 0.25) is 0 Å². The van der Waals surface area contributed by atoms with E-state index in [0.29, 0.717) is 0 Å². The Labute approximate surface area is 275 Å². The first-order chi connectivity index (χ1) is 22.6. The van der Waals surface area contributed by atoms with Gasteiger partial charge >= 0.3 is 0 Å². The highest BCUT2D eigenvalue weighted by atomic mass is 14.0. The molecule has 0 aliphatic rings. The van der Waals surface area contributed by atoms with Gasteiger partial charge in [-0.3, -0.25) is 0 Å². The standard InChI is InChI=1S/C24H22.C22H18/c1-19-3-7-21(8-4-19)11-13-23-15-17-24(18-16-23)14-12-22-9-5-20(2)6-10-22;1-3-9-19(10-4-1)15-17-21-13-7-8-14-22(21)18-16-20-11-5-2-6-12-20/h3-18H,1-2H3;1-18H. The highest BCUT2D eigenvalue weighted by Crippen LogP contribution is 2.17. The van der Waals surface area contributed by atoms with Gasteiger partial charge in [0.15, 0.2) is 0 Å². The van der Waals surface area contributed by atoms with E-state index in [4.69, 9.17) is 0 Å². The topological polar surface area (TPSA) is 0 Å². The van der Waals surface area contributed by atoms with Crippen molar-refractivity contribution in [3.8, 4) is 0 Å². The second-order valence-electron chi connectivity index (χ2n) is 11.3. The van der Waals surface area contributed by atoms with E-state index in [-0.39, 0.29) is 0 Å². The molecular formula is C46H40. The molecule has 6 aromatic carbocycles. The van der Waals surface area contributed by atoms with Gasteiger partial charge in [-0.1, -0.05) is 217 Å². The number of aryl methyl sites for hydroxylation is 2. The Morgan fingerprint density at radius 2 is 0.478 bits per heavy atom. The molecule has 0 heteroatoms. The van der Waals surface area contributed by atoms with Crippen LogP contribution in [-0.4, -0.2) is 0 Å². The van der Waals surface area contributed by atoms with Crippen LogP contribution in [0.5, 0.6) is 0 Å². The van der Waals surface area contributed by atoms with Crippen LogP contribution in [0.4, 0.5) is 0 Å². The lowest BCUT2D eigenvalue weighted by Crippen LogP contribution is -1.80. The molecule has 6 aromatic rings. The van der Waals surface area contributed by atoms with E-state index in [1.807, 2.05) is 12.1 Å². The highest BCUT2D eigenvalue weighted by molar-refractivity contribution is 5.79. The van der Waals surface area contributed by atoms with Gasteiger partial charge in [-0.05, 0) is 58.4 Å². The van der Waals surface area contributed by atoms with Crippen LogP contribution in [0.1, 0.15) is 55.6 Å². The molecule has 0 saturated heterocycles.